The van der Waals surface area contributed by atoms with Crippen LogP contribution in [0.3, 0.4) is 0 Å². The molecule has 1 aromatic rings. The minimum atomic E-state index is -0.583. The van der Waals surface area contributed by atoms with Gasteiger partial charge >= 0.3 is 0 Å². The summed E-state index contributed by atoms with van der Waals surface area (Å²) in [6, 6.07) is 4.24. The molecule has 0 radical (unpaired) electrons. The minimum Gasteiger partial charge on any atom is -0.482 e. The van der Waals surface area contributed by atoms with Crippen LogP contribution in [0.1, 0.15) is 12.0 Å². The second kappa shape index (κ2) is 3.81. The van der Waals surface area contributed by atoms with Crippen molar-refractivity contribution in [2.75, 3.05) is 0 Å². The van der Waals surface area contributed by atoms with Gasteiger partial charge in [0, 0.05) is 0 Å². The first-order chi connectivity index (χ1) is 7.20. The summed E-state index contributed by atoms with van der Waals surface area (Å²) in [5.41, 5.74) is 0.782. The number of benzene rings is 1. The van der Waals surface area contributed by atoms with Gasteiger partial charge in [0.05, 0.1) is 6.21 Å². The van der Waals surface area contributed by atoms with Crippen LogP contribution in [-0.2, 0) is 11.2 Å². The zero-order chi connectivity index (χ0) is 10.8. The van der Waals surface area contributed by atoms with Crippen molar-refractivity contribution in [2.45, 2.75) is 18.9 Å². The summed E-state index contributed by atoms with van der Waals surface area (Å²) in [5.74, 6) is -0.0954. The molecule has 1 atom stereocenters. The predicted octanol–water partition coefficient (Wildman–Crippen LogP) is 1.74. The standard InChI is InChI=1S/C11H10FNO2/c12-8-2-4-10-7(5-8)1-3-11(15-10)9(14)6-13/h2,4-6,11,13H,1,3H2/t11-/m1/s1. The maximum Gasteiger partial charge on any atom is 0.213 e. The van der Waals surface area contributed by atoms with E-state index in [0.29, 0.717) is 18.6 Å². The van der Waals surface area contributed by atoms with E-state index in [2.05, 4.69) is 0 Å². The van der Waals surface area contributed by atoms with Crippen LogP contribution < -0.4 is 4.74 Å². The molecule has 0 aromatic heterocycles. The molecule has 0 unspecified atom stereocenters. The average Bonchev–Trinajstić information content (AvgIpc) is 2.27. The van der Waals surface area contributed by atoms with Crippen molar-refractivity contribution in [1.29, 1.82) is 5.41 Å². The van der Waals surface area contributed by atoms with Gasteiger partial charge < -0.3 is 10.1 Å². The van der Waals surface area contributed by atoms with Crippen LogP contribution >= 0.6 is 0 Å². The van der Waals surface area contributed by atoms with E-state index in [1.54, 1.807) is 0 Å². The van der Waals surface area contributed by atoms with E-state index >= 15 is 0 Å². The van der Waals surface area contributed by atoms with Gasteiger partial charge in [0.2, 0.25) is 5.78 Å². The third-order valence-corrected chi connectivity index (χ3v) is 2.43. The molecule has 0 amide bonds. The first-order valence-electron chi connectivity index (χ1n) is 4.70. The largest absolute Gasteiger partial charge is 0.482 e. The van der Waals surface area contributed by atoms with Crippen molar-refractivity contribution in [2.24, 2.45) is 0 Å². The number of aryl methyl sites for hydroxylation is 1. The number of fused-ring (bicyclic) bond motifs is 1. The van der Waals surface area contributed by atoms with Crippen LogP contribution in [-0.4, -0.2) is 18.1 Å². The number of carbonyl (C=O) groups excluding carboxylic acids is 1. The van der Waals surface area contributed by atoms with Crippen molar-refractivity contribution in [3.63, 3.8) is 0 Å². The molecule has 2 rings (SSSR count). The lowest BCUT2D eigenvalue weighted by Gasteiger charge is -2.23. The highest BCUT2D eigenvalue weighted by Gasteiger charge is 2.24. The molecule has 0 aliphatic carbocycles. The van der Waals surface area contributed by atoms with Gasteiger partial charge in [-0.1, -0.05) is 0 Å². The van der Waals surface area contributed by atoms with Crippen LogP contribution in [0.2, 0.25) is 0 Å². The molecule has 0 saturated heterocycles. The number of ketones is 1. The number of rotatable bonds is 2. The summed E-state index contributed by atoms with van der Waals surface area (Å²) in [7, 11) is 0. The highest BCUT2D eigenvalue weighted by Crippen LogP contribution is 2.28. The second-order valence-electron chi connectivity index (χ2n) is 3.44. The van der Waals surface area contributed by atoms with E-state index in [-0.39, 0.29) is 11.6 Å². The van der Waals surface area contributed by atoms with E-state index in [0.717, 1.165) is 11.8 Å². The molecule has 3 nitrogen and oxygen atoms in total. The molecule has 0 bridgehead atoms. The molecule has 0 saturated carbocycles. The third-order valence-electron chi connectivity index (χ3n) is 2.43. The fraction of sp³-hybridized carbons (Fsp3) is 0.273. The van der Waals surface area contributed by atoms with Gasteiger partial charge in [-0.15, -0.1) is 0 Å². The molecule has 0 fully saturated rings. The lowest BCUT2D eigenvalue weighted by molar-refractivity contribution is -0.119. The van der Waals surface area contributed by atoms with Gasteiger partial charge in [0.25, 0.3) is 0 Å². The lowest BCUT2D eigenvalue weighted by atomic mass is 10.00. The summed E-state index contributed by atoms with van der Waals surface area (Å²) in [4.78, 5) is 11.2. The van der Waals surface area contributed by atoms with Crippen LogP contribution in [0.5, 0.6) is 5.75 Å². The number of ether oxygens (including phenoxy) is 1. The van der Waals surface area contributed by atoms with Crippen molar-refractivity contribution in [1.82, 2.24) is 0 Å². The van der Waals surface area contributed by atoms with Crippen molar-refractivity contribution in [3.05, 3.63) is 29.6 Å². The van der Waals surface area contributed by atoms with Gasteiger partial charge in [-0.05, 0) is 36.6 Å². The number of hydrogen-bond acceptors (Lipinski definition) is 3. The highest BCUT2D eigenvalue weighted by atomic mass is 19.1. The number of nitrogens with one attached hydrogen (secondary N) is 1. The van der Waals surface area contributed by atoms with Gasteiger partial charge in [-0.2, -0.15) is 0 Å². The Morgan fingerprint density at radius 3 is 3.13 bits per heavy atom. The van der Waals surface area contributed by atoms with Crippen LogP contribution in [0.15, 0.2) is 18.2 Å². The van der Waals surface area contributed by atoms with Crippen molar-refractivity contribution >= 4 is 12.0 Å². The summed E-state index contributed by atoms with van der Waals surface area (Å²) >= 11 is 0. The smallest absolute Gasteiger partial charge is 0.213 e. The molecule has 1 aliphatic heterocycles. The summed E-state index contributed by atoms with van der Waals surface area (Å²) in [6.45, 7) is 0. The highest BCUT2D eigenvalue weighted by molar-refractivity contribution is 6.28. The second-order valence-corrected chi connectivity index (χ2v) is 3.44. The SMILES string of the molecule is N=CC(=O)[C@H]1CCc2cc(F)ccc2O1. The Morgan fingerprint density at radius 1 is 1.60 bits per heavy atom. The fourth-order valence-corrected chi connectivity index (χ4v) is 1.65. The van der Waals surface area contributed by atoms with Gasteiger partial charge in [0.1, 0.15) is 11.6 Å². The van der Waals surface area contributed by atoms with Gasteiger partial charge in [0.15, 0.2) is 6.10 Å². The maximum absolute atomic E-state index is 12.9. The van der Waals surface area contributed by atoms with E-state index in [1.807, 2.05) is 0 Å². The van der Waals surface area contributed by atoms with Crippen LogP contribution in [0.25, 0.3) is 0 Å². The Balaban J connectivity index is 2.23. The lowest BCUT2D eigenvalue weighted by Crippen LogP contribution is -2.31. The Hall–Kier alpha value is -1.71. The minimum absolute atomic E-state index is 0.297. The molecule has 1 N–H and O–H groups in total. The molecular weight excluding hydrogens is 197 g/mol. The van der Waals surface area contributed by atoms with E-state index in [1.165, 1.54) is 18.2 Å². The van der Waals surface area contributed by atoms with Crippen LogP contribution in [0.4, 0.5) is 4.39 Å². The Kier molecular flexibility index (Phi) is 2.49. The summed E-state index contributed by atoms with van der Waals surface area (Å²) < 4.78 is 18.2. The van der Waals surface area contributed by atoms with Gasteiger partial charge in [-0.3, -0.25) is 4.79 Å². The van der Waals surface area contributed by atoms with Crippen molar-refractivity contribution in [3.8, 4) is 5.75 Å². The topological polar surface area (TPSA) is 50.2 Å². The average molecular weight is 207 g/mol. The number of hydrogen-bond donors (Lipinski definition) is 1. The molecule has 1 heterocycles. The zero-order valence-electron chi connectivity index (χ0n) is 8.00. The molecular formula is C11H10FNO2. The quantitative estimate of drug-likeness (QED) is 0.751. The first kappa shape index (κ1) is 9.83. The monoisotopic (exact) mass is 207 g/mol. The molecule has 1 aromatic carbocycles. The maximum atomic E-state index is 12.9. The number of halogens is 1. The van der Waals surface area contributed by atoms with Crippen LogP contribution in [0, 0.1) is 11.2 Å². The normalized spacial score (nSPS) is 18.9. The van der Waals surface area contributed by atoms with E-state index in [4.69, 9.17) is 10.1 Å². The fourth-order valence-electron chi connectivity index (χ4n) is 1.65. The predicted molar refractivity (Wildman–Crippen MR) is 52.9 cm³/mol. The first-order valence-corrected chi connectivity index (χ1v) is 4.70. The van der Waals surface area contributed by atoms with Crippen molar-refractivity contribution < 1.29 is 13.9 Å². The van der Waals surface area contributed by atoms with E-state index in [9.17, 15) is 9.18 Å². The molecule has 15 heavy (non-hydrogen) atoms. The Bertz CT molecular complexity index is 417. The van der Waals surface area contributed by atoms with Gasteiger partial charge in [-0.25, -0.2) is 4.39 Å². The summed E-state index contributed by atoms with van der Waals surface area (Å²) in [5, 5.41) is 6.85. The zero-order valence-corrected chi connectivity index (χ0v) is 8.00. The Morgan fingerprint density at radius 2 is 2.40 bits per heavy atom. The van der Waals surface area contributed by atoms with E-state index < -0.39 is 6.10 Å². The Labute approximate surface area is 86.4 Å². The summed E-state index contributed by atoms with van der Waals surface area (Å²) in [6.07, 6.45) is 1.29. The molecule has 4 heteroatoms. The third kappa shape index (κ3) is 1.88. The molecule has 0 spiro atoms. The molecule has 78 valence electrons. The molecule has 1 aliphatic rings. The number of carbonyl (C=O) groups is 1. The number of Topliss-reactive ketones (excluding diaryl/α,β-unsaturated/α-hetero) is 1.